The molecule has 0 bridgehead atoms. The standard InChI is InChI=1S/C20H25N5O/c1-3-16-12-19(22-13-21-16)24-6-8-25(9-7-24)20(26)18-11-15-10-14(2)4-5-17(15)23-18/h4-5,10,12-13,18,23H,3,6-9,11H2,1-2H3/t18-/m1/s1. The predicted octanol–water partition coefficient (Wildman–Crippen LogP) is 2.03. The van der Waals surface area contributed by atoms with Crippen LogP contribution in [0.3, 0.4) is 0 Å². The number of carbonyl (C=O) groups is 1. The summed E-state index contributed by atoms with van der Waals surface area (Å²) < 4.78 is 0. The second-order valence-corrected chi connectivity index (χ2v) is 7.10. The molecular formula is C20H25N5O. The van der Waals surface area contributed by atoms with E-state index >= 15 is 0 Å². The molecule has 2 aromatic rings. The van der Waals surface area contributed by atoms with Gasteiger partial charge >= 0.3 is 0 Å². The van der Waals surface area contributed by atoms with Crippen molar-refractivity contribution >= 4 is 17.4 Å². The maximum atomic E-state index is 12.9. The molecule has 1 N–H and O–H groups in total. The molecule has 4 rings (SSSR count). The Hall–Kier alpha value is -2.63. The van der Waals surface area contributed by atoms with Crippen molar-refractivity contribution < 1.29 is 4.79 Å². The summed E-state index contributed by atoms with van der Waals surface area (Å²) in [5, 5.41) is 3.39. The summed E-state index contributed by atoms with van der Waals surface area (Å²) in [6.45, 7) is 7.27. The molecule has 136 valence electrons. The van der Waals surface area contributed by atoms with E-state index in [4.69, 9.17) is 0 Å². The lowest BCUT2D eigenvalue weighted by Gasteiger charge is -2.36. The summed E-state index contributed by atoms with van der Waals surface area (Å²) in [4.78, 5) is 25.8. The number of nitrogens with one attached hydrogen (secondary N) is 1. The second-order valence-electron chi connectivity index (χ2n) is 7.10. The van der Waals surface area contributed by atoms with E-state index in [1.54, 1.807) is 6.33 Å². The maximum absolute atomic E-state index is 12.9. The van der Waals surface area contributed by atoms with Gasteiger partial charge in [-0.15, -0.1) is 0 Å². The number of anilines is 2. The first-order valence-electron chi connectivity index (χ1n) is 9.35. The van der Waals surface area contributed by atoms with Crippen molar-refractivity contribution in [1.82, 2.24) is 14.9 Å². The summed E-state index contributed by atoms with van der Waals surface area (Å²) in [5.41, 5.74) is 4.64. The van der Waals surface area contributed by atoms with Crippen LogP contribution >= 0.6 is 0 Å². The van der Waals surface area contributed by atoms with Gasteiger partial charge in [0.1, 0.15) is 18.2 Å². The highest BCUT2D eigenvalue weighted by atomic mass is 16.2. The van der Waals surface area contributed by atoms with E-state index in [9.17, 15) is 4.79 Å². The van der Waals surface area contributed by atoms with E-state index in [1.807, 2.05) is 4.90 Å². The summed E-state index contributed by atoms with van der Waals surface area (Å²) in [5.74, 6) is 1.17. The van der Waals surface area contributed by atoms with Gasteiger partial charge in [-0.05, 0) is 25.0 Å². The average Bonchev–Trinajstić information content (AvgIpc) is 3.10. The van der Waals surface area contributed by atoms with Crippen molar-refractivity contribution in [3.63, 3.8) is 0 Å². The van der Waals surface area contributed by atoms with E-state index in [-0.39, 0.29) is 11.9 Å². The topological polar surface area (TPSA) is 61.4 Å². The minimum absolute atomic E-state index is 0.135. The Morgan fingerprint density at radius 1 is 1.19 bits per heavy atom. The van der Waals surface area contributed by atoms with Crippen LogP contribution in [-0.2, 0) is 17.6 Å². The number of piperazine rings is 1. The fourth-order valence-corrected chi connectivity index (χ4v) is 3.77. The average molecular weight is 351 g/mol. The van der Waals surface area contributed by atoms with Crippen LogP contribution in [0.5, 0.6) is 0 Å². The highest BCUT2D eigenvalue weighted by Gasteiger charge is 2.32. The zero-order chi connectivity index (χ0) is 18.1. The van der Waals surface area contributed by atoms with Gasteiger partial charge in [0.25, 0.3) is 0 Å². The molecule has 0 aliphatic carbocycles. The number of rotatable bonds is 3. The summed E-state index contributed by atoms with van der Waals surface area (Å²) in [6.07, 6.45) is 3.32. The smallest absolute Gasteiger partial charge is 0.245 e. The Kier molecular flexibility index (Phi) is 4.49. The molecule has 1 atom stereocenters. The third-order valence-corrected chi connectivity index (χ3v) is 5.30. The number of carbonyl (C=O) groups excluding carboxylic acids is 1. The molecule has 0 spiro atoms. The van der Waals surface area contributed by atoms with Crippen LogP contribution in [0, 0.1) is 6.92 Å². The van der Waals surface area contributed by atoms with Gasteiger partial charge in [0, 0.05) is 50.0 Å². The normalized spacial score (nSPS) is 19.2. The lowest BCUT2D eigenvalue weighted by molar-refractivity contribution is -0.132. The molecule has 2 aliphatic heterocycles. The molecule has 2 aliphatic rings. The first-order valence-corrected chi connectivity index (χ1v) is 9.35. The van der Waals surface area contributed by atoms with E-state index < -0.39 is 0 Å². The molecule has 0 unspecified atom stereocenters. The molecule has 1 saturated heterocycles. The molecule has 0 radical (unpaired) electrons. The van der Waals surface area contributed by atoms with Gasteiger partial charge in [-0.2, -0.15) is 0 Å². The molecular weight excluding hydrogens is 326 g/mol. The van der Waals surface area contributed by atoms with Gasteiger partial charge in [0.15, 0.2) is 0 Å². The minimum atomic E-state index is -0.135. The van der Waals surface area contributed by atoms with Crippen LogP contribution in [0.15, 0.2) is 30.6 Å². The van der Waals surface area contributed by atoms with E-state index in [0.717, 1.165) is 56.2 Å². The number of benzene rings is 1. The third kappa shape index (κ3) is 3.23. The van der Waals surface area contributed by atoms with Gasteiger partial charge < -0.3 is 15.1 Å². The van der Waals surface area contributed by atoms with Gasteiger partial charge in [-0.1, -0.05) is 24.6 Å². The predicted molar refractivity (Wildman–Crippen MR) is 102 cm³/mol. The van der Waals surface area contributed by atoms with Crippen molar-refractivity contribution in [2.45, 2.75) is 32.7 Å². The van der Waals surface area contributed by atoms with Crippen LogP contribution in [0.25, 0.3) is 0 Å². The largest absolute Gasteiger partial charge is 0.373 e. The fraction of sp³-hybridized carbons (Fsp3) is 0.450. The van der Waals surface area contributed by atoms with Crippen LogP contribution < -0.4 is 10.2 Å². The van der Waals surface area contributed by atoms with E-state index in [2.05, 4.69) is 58.3 Å². The lowest BCUT2D eigenvalue weighted by atomic mass is 10.1. The van der Waals surface area contributed by atoms with E-state index in [0.29, 0.717) is 0 Å². The summed E-state index contributed by atoms with van der Waals surface area (Å²) in [7, 11) is 0. The number of aromatic nitrogens is 2. The molecule has 1 fully saturated rings. The molecule has 6 nitrogen and oxygen atoms in total. The number of hydrogen-bond acceptors (Lipinski definition) is 5. The second kappa shape index (κ2) is 6.94. The highest BCUT2D eigenvalue weighted by molar-refractivity contribution is 5.87. The first-order chi connectivity index (χ1) is 12.6. The highest BCUT2D eigenvalue weighted by Crippen LogP contribution is 2.27. The zero-order valence-electron chi connectivity index (χ0n) is 15.4. The Balaban J connectivity index is 1.37. The van der Waals surface area contributed by atoms with Crippen molar-refractivity contribution in [2.24, 2.45) is 0 Å². The lowest BCUT2D eigenvalue weighted by Crippen LogP contribution is -2.52. The number of amides is 1. The summed E-state index contributed by atoms with van der Waals surface area (Å²) in [6, 6.07) is 8.26. The molecule has 26 heavy (non-hydrogen) atoms. The van der Waals surface area contributed by atoms with E-state index in [1.165, 1.54) is 11.1 Å². The van der Waals surface area contributed by atoms with Crippen LogP contribution in [0.2, 0.25) is 0 Å². The van der Waals surface area contributed by atoms with Crippen LogP contribution in [-0.4, -0.2) is 53.0 Å². The quantitative estimate of drug-likeness (QED) is 0.917. The van der Waals surface area contributed by atoms with Crippen molar-refractivity contribution in [3.05, 3.63) is 47.4 Å². The Labute approximate surface area is 154 Å². The van der Waals surface area contributed by atoms with Crippen molar-refractivity contribution in [3.8, 4) is 0 Å². The Morgan fingerprint density at radius 3 is 2.77 bits per heavy atom. The first kappa shape index (κ1) is 16.8. The maximum Gasteiger partial charge on any atom is 0.245 e. The molecule has 3 heterocycles. The fourth-order valence-electron chi connectivity index (χ4n) is 3.77. The van der Waals surface area contributed by atoms with Crippen molar-refractivity contribution in [1.29, 1.82) is 0 Å². The number of hydrogen-bond donors (Lipinski definition) is 1. The number of nitrogens with zero attached hydrogens (tertiary/aromatic N) is 4. The minimum Gasteiger partial charge on any atom is -0.373 e. The Morgan fingerprint density at radius 2 is 2.00 bits per heavy atom. The van der Waals surface area contributed by atoms with Gasteiger partial charge in [-0.3, -0.25) is 4.79 Å². The SMILES string of the molecule is CCc1cc(N2CCN(C(=O)[C@H]3Cc4cc(C)ccc4N3)CC2)ncn1. The Bertz CT molecular complexity index is 814. The third-order valence-electron chi connectivity index (χ3n) is 5.30. The molecule has 1 aromatic heterocycles. The van der Waals surface area contributed by atoms with Gasteiger partial charge in [0.05, 0.1) is 0 Å². The van der Waals surface area contributed by atoms with Crippen LogP contribution in [0.1, 0.15) is 23.7 Å². The number of fused-ring (bicyclic) bond motifs is 1. The summed E-state index contributed by atoms with van der Waals surface area (Å²) >= 11 is 0. The molecule has 1 amide bonds. The molecule has 1 aromatic carbocycles. The zero-order valence-corrected chi connectivity index (χ0v) is 15.4. The monoisotopic (exact) mass is 351 g/mol. The molecule has 6 heteroatoms. The van der Waals surface area contributed by atoms with Gasteiger partial charge in [-0.25, -0.2) is 9.97 Å². The molecule has 0 saturated carbocycles. The van der Waals surface area contributed by atoms with Crippen molar-refractivity contribution in [2.75, 3.05) is 36.4 Å². The van der Waals surface area contributed by atoms with Gasteiger partial charge in [0.2, 0.25) is 5.91 Å². The number of aryl methyl sites for hydroxylation is 2. The van der Waals surface area contributed by atoms with Crippen LogP contribution in [0.4, 0.5) is 11.5 Å².